The second kappa shape index (κ2) is 7.78. The lowest BCUT2D eigenvalue weighted by Gasteiger charge is -2.26. The zero-order valence-corrected chi connectivity index (χ0v) is 14.2. The molecule has 0 aliphatic rings. The van der Waals surface area contributed by atoms with Crippen LogP contribution in [0.2, 0.25) is 0 Å². The Morgan fingerprint density at radius 3 is 2.13 bits per heavy atom. The van der Waals surface area contributed by atoms with E-state index in [1.54, 1.807) is 13.8 Å². The second-order valence-corrected chi connectivity index (χ2v) is 6.80. The van der Waals surface area contributed by atoms with E-state index in [-0.39, 0.29) is 25.0 Å². The Hall–Kier alpha value is -0.900. The van der Waals surface area contributed by atoms with Crippen LogP contribution in [0.5, 0.6) is 0 Å². The summed E-state index contributed by atoms with van der Waals surface area (Å²) in [6, 6.07) is 1.53. The maximum atomic E-state index is 13.2. The molecule has 0 unspecified atom stereocenters. The first kappa shape index (κ1) is 22.1. The Morgan fingerprint density at radius 1 is 1.17 bits per heavy atom. The van der Waals surface area contributed by atoms with Gasteiger partial charge in [0.15, 0.2) is 0 Å². The Bertz CT molecular complexity index is 631. The smallest absolute Gasteiger partial charge is 0.324 e. The van der Waals surface area contributed by atoms with E-state index >= 15 is 0 Å². The maximum absolute atomic E-state index is 13.2. The molecule has 23 heavy (non-hydrogen) atoms. The van der Waals surface area contributed by atoms with Crippen LogP contribution < -0.4 is 10.5 Å². The van der Waals surface area contributed by atoms with Crippen LogP contribution in [-0.2, 0) is 16.2 Å². The average molecular weight is 379 g/mol. The van der Waals surface area contributed by atoms with Crippen LogP contribution in [0.3, 0.4) is 0 Å². The molecular weight excluding hydrogens is 360 g/mol. The molecule has 0 heterocycles. The van der Waals surface area contributed by atoms with Gasteiger partial charge in [-0.2, -0.15) is 13.2 Å². The zero-order valence-electron chi connectivity index (χ0n) is 12.6. The first-order valence-electron chi connectivity index (χ1n) is 6.60. The Labute approximate surface area is 138 Å². The minimum Gasteiger partial charge on any atom is -0.324 e. The quantitative estimate of drug-likeness (QED) is 0.747. The van der Waals surface area contributed by atoms with Crippen molar-refractivity contribution >= 4 is 22.4 Å². The molecule has 0 spiro atoms. The number of rotatable bonds is 6. The summed E-state index contributed by atoms with van der Waals surface area (Å²) < 4.78 is 77.3. The summed E-state index contributed by atoms with van der Waals surface area (Å²) in [6.07, 6.45) is -3.99. The van der Waals surface area contributed by atoms with Crippen molar-refractivity contribution in [3.05, 3.63) is 29.6 Å². The highest BCUT2D eigenvalue weighted by Crippen LogP contribution is 2.32. The van der Waals surface area contributed by atoms with Crippen molar-refractivity contribution in [1.29, 1.82) is 0 Å². The maximum Gasteiger partial charge on any atom is 0.419 e. The minimum absolute atomic E-state index is 0. The predicted molar refractivity (Wildman–Crippen MR) is 81.3 cm³/mol. The SMILES string of the molecule is CCC(N)(CC)CNS(=O)(=O)c1ccc(F)c(C(F)(F)F)c1.Cl. The number of nitrogens with two attached hydrogens (primary N) is 1. The van der Waals surface area contributed by atoms with E-state index in [1.165, 1.54) is 0 Å². The highest BCUT2D eigenvalue weighted by molar-refractivity contribution is 7.89. The molecule has 1 rings (SSSR count). The van der Waals surface area contributed by atoms with E-state index in [9.17, 15) is 26.0 Å². The standard InChI is InChI=1S/C13H18F4N2O2S.ClH/c1-3-12(18,4-2)8-19-22(20,21)9-5-6-11(14)10(7-9)13(15,16)17;/h5-7,19H,3-4,8,18H2,1-2H3;1H. The molecule has 0 aromatic heterocycles. The number of alkyl halides is 3. The van der Waals surface area contributed by atoms with Gasteiger partial charge in [0.1, 0.15) is 5.82 Å². The molecule has 0 bridgehead atoms. The Morgan fingerprint density at radius 2 is 1.70 bits per heavy atom. The predicted octanol–water partition coefficient (Wildman–Crippen LogP) is 3.06. The zero-order chi connectivity index (χ0) is 17.2. The number of sulfonamides is 1. The van der Waals surface area contributed by atoms with Crippen LogP contribution in [0.4, 0.5) is 17.6 Å². The van der Waals surface area contributed by atoms with Crippen LogP contribution in [0.15, 0.2) is 23.1 Å². The van der Waals surface area contributed by atoms with Crippen LogP contribution in [0, 0.1) is 5.82 Å². The number of benzene rings is 1. The molecule has 1 aromatic rings. The van der Waals surface area contributed by atoms with E-state index in [0.29, 0.717) is 18.9 Å². The minimum atomic E-state index is -4.97. The summed E-state index contributed by atoms with van der Waals surface area (Å²) in [5.41, 5.74) is 3.52. The first-order chi connectivity index (χ1) is 9.95. The van der Waals surface area contributed by atoms with Gasteiger partial charge in [0.25, 0.3) is 0 Å². The molecule has 1 aromatic carbocycles. The van der Waals surface area contributed by atoms with Gasteiger partial charge in [0, 0.05) is 12.1 Å². The van der Waals surface area contributed by atoms with E-state index in [1.807, 2.05) is 0 Å². The number of hydrogen-bond acceptors (Lipinski definition) is 3. The van der Waals surface area contributed by atoms with Crippen molar-refractivity contribution in [2.75, 3.05) is 6.54 Å². The molecule has 0 atom stereocenters. The van der Waals surface area contributed by atoms with E-state index in [0.717, 1.165) is 6.07 Å². The fourth-order valence-electron chi connectivity index (χ4n) is 1.71. The summed E-state index contributed by atoms with van der Waals surface area (Å²) in [6.45, 7) is 3.43. The molecule has 134 valence electrons. The lowest BCUT2D eigenvalue weighted by Crippen LogP contribution is -2.49. The van der Waals surface area contributed by atoms with Crippen molar-refractivity contribution in [2.45, 2.75) is 43.3 Å². The van der Waals surface area contributed by atoms with Gasteiger partial charge in [-0.25, -0.2) is 17.5 Å². The van der Waals surface area contributed by atoms with Gasteiger partial charge in [0.05, 0.1) is 10.5 Å². The Kier molecular flexibility index (Phi) is 7.48. The molecule has 0 aliphatic heterocycles. The van der Waals surface area contributed by atoms with Crippen molar-refractivity contribution in [1.82, 2.24) is 4.72 Å². The highest BCUT2D eigenvalue weighted by Gasteiger charge is 2.35. The summed E-state index contributed by atoms with van der Waals surface area (Å²) in [7, 11) is -4.21. The van der Waals surface area contributed by atoms with Crippen molar-refractivity contribution in [3.63, 3.8) is 0 Å². The van der Waals surface area contributed by atoms with E-state index in [4.69, 9.17) is 5.73 Å². The molecule has 0 fully saturated rings. The fourth-order valence-corrected chi connectivity index (χ4v) is 2.88. The number of halogens is 5. The topological polar surface area (TPSA) is 72.2 Å². The molecule has 4 nitrogen and oxygen atoms in total. The van der Waals surface area contributed by atoms with Crippen LogP contribution in [-0.4, -0.2) is 20.5 Å². The summed E-state index contributed by atoms with van der Waals surface area (Å²) in [4.78, 5) is -0.657. The molecule has 0 amide bonds. The first-order valence-corrected chi connectivity index (χ1v) is 8.09. The van der Waals surface area contributed by atoms with Gasteiger partial charge in [-0.1, -0.05) is 13.8 Å². The second-order valence-electron chi connectivity index (χ2n) is 5.03. The van der Waals surface area contributed by atoms with Crippen LogP contribution in [0.1, 0.15) is 32.3 Å². The Balaban J connectivity index is 0.00000484. The van der Waals surface area contributed by atoms with Gasteiger partial charge >= 0.3 is 6.18 Å². The molecule has 0 radical (unpaired) electrons. The van der Waals surface area contributed by atoms with Gasteiger partial charge in [-0.05, 0) is 31.0 Å². The monoisotopic (exact) mass is 378 g/mol. The highest BCUT2D eigenvalue weighted by atomic mass is 35.5. The summed E-state index contributed by atoms with van der Waals surface area (Å²) in [5, 5.41) is 0. The van der Waals surface area contributed by atoms with Crippen molar-refractivity contribution in [2.24, 2.45) is 5.73 Å². The summed E-state index contributed by atoms with van der Waals surface area (Å²) in [5.74, 6) is -1.53. The number of nitrogens with one attached hydrogen (secondary N) is 1. The van der Waals surface area contributed by atoms with Gasteiger partial charge < -0.3 is 5.73 Å². The van der Waals surface area contributed by atoms with E-state index < -0.39 is 38.0 Å². The molecule has 0 saturated heterocycles. The van der Waals surface area contributed by atoms with E-state index in [2.05, 4.69) is 4.72 Å². The van der Waals surface area contributed by atoms with Gasteiger partial charge in [-0.15, -0.1) is 12.4 Å². The largest absolute Gasteiger partial charge is 0.419 e. The third-order valence-electron chi connectivity index (χ3n) is 3.58. The molecular formula is C13H19ClF4N2O2S. The van der Waals surface area contributed by atoms with Crippen molar-refractivity contribution < 1.29 is 26.0 Å². The van der Waals surface area contributed by atoms with Crippen molar-refractivity contribution in [3.8, 4) is 0 Å². The molecule has 10 heteroatoms. The van der Waals surface area contributed by atoms with Gasteiger partial charge in [-0.3, -0.25) is 0 Å². The third kappa shape index (κ3) is 5.59. The molecule has 0 aliphatic carbocycles. The average Bonchev–Trinajstić information content (AvgIpc) is 2.44. The lowest BCUT2D eigenvalue weighted by atomic mass is 9.95. The normalized spacial score (nSPS) is 12.8. The summed E-state index contributed by atoms with van der Waals surface area (Å²) >= 11 is 0. The van der Waals surface area contributed by atoms with Gasteiger partial charge in [0.2, 0.25) is 10.0 Å². The molecule has 3 N–H and O–H groups in total. The van der Waals surface area contributed by atoms with Crippen LogP contribution in [0.25, 0.3) is 0 Å². The van der Waals surface area contributed by atoms with Crippen LogP contribution >= 0.6 is 12.4 Å². The molecule has 0 saturated carbocycles. The lowest BCUT2D eigenvalue weighted by molar-refractivity contribution is -0.140. The fraction of sp³-hybridized carbons (Fsp3) is 0.538. The number of hydrogen-bond donors (Lipinski definition) is 2. The third-order valence-corrected chi connectivity index (χ3v) is 4.97.